The largest absolute Gasteiger partial charge is 0.465 e. The van der Waals surface area contributed by atoms with E-state index in [0.29, 0.717) is 11.1 Å². The Morgan fingerprint density at radius 2 is 1.53 bits per heavy atom. The Hall–Kier alpha value is -3.45. The first-order valence-electron chi connectivity index (χ1n) is 11.2. The van der Waals surface area contributed by atoms with Crippen LogP contribution in [0.1, 0.15) is 41.1 Å². The summed E-state index contributed by atoms with van der Waals surface area (Å²) in [6.07, 6.45) is 0. The Morgan fingerprint density at radius 3 is 2.15 bits per heavy atom. The van der Waals surface area contributed by atoms with Crippen LogP contribution < -0.4 is 0 Å². The van der Waals surface area contributed by atoms with Gasteiger partial charge in [0.2, 0.25) is 0 Å². The van der Waals surface area contributed by atoms with Gasteiger partial charge in [0.25, 0.3) is 15.9 Å². The number of sulfonamides is 1. The minimum Gasteiger partial charge on any atom is -0.465 e. The molecule has 0 aromatic heterocycles. The first-order valence-corrected chi connectivity index (χ1v) is 12.6. The summed E-state index contributed by atoms with van der Waals surface area (Å²) in [5.74, 6) is -3.52. The van der Waals surface area contributed by atoms with Crippen molar-refractivity contribution in [1.82, 2.24) is 4.31 Å². The van der Waals surface area contributed by atoms with Crippen LogP contribution in [0.25, 0.3) is 0 Å². The first kappa shape index (κ1) is 23.7. The number of rotatable bonds is 6. The number of aryl methyl sites for hydroxylation is 2. The fraction of sp³-hybridized carbons (Fsp3) is 0.259. The third-order valence-corrected chi connectivity index (χ3v) is 8.04. The fourth-order valence-electron chi connectivity index (χ4n) is 4.62. The minimum atomic E-state index is -4.27. The van der Waals surface area contributed by atoms with Crippen LogP contribution in [0.4, 0.5) is 0 Å². The summed E-state index contributed by atoms with van der Waals surface area (Å²) in [5.41, 5.74) is 3.10. The third-order valence-electron chi connectivity index (χ3n) is 6.25. The Balaban J connectivity index is 1.98. The number of amides is 1. The van der Waals surface area contributed by atoms with Crippen LogP contribution in [0.15, 0.2) is 83.8 Å². The second-order valence-electron chi connectivity index (χ2n) is 8.42. The van der Waals surface area contributed by atoms with Crippen molar-refractivity contribution in [3.8, 4) is 0 Å². The number of carbonyl (C=O) groups excluding carboxylic acids is 2. The van der Waals surface area contributed by atoms with Crippen molar-refractivity contribution in [3.05, 3.63) is 101 Å². The molecule has 6 nitrogen and oxygen atoms in total. The molecule has 0 saturated carbocycles. The molecule has 0 bridgehead atoms. The van der Waals surface area contributed by atoms with Crippen molar-refractivity contribution in [2.24, 2.45) is 5.92 Å². The summed E-state index contributed by atoms with van der Waals surface area (Å²) in [5, 5.41) is 0. The minimum absolute atomic E-state index is 0.00125. The van der Waals surface area contributed by atoms with E-state index in [4.69, 9.17) is 4.74 Å². The van der Waals surface area contributed by atoms with Gasteiger partial charge in [0, 0.05) is 5.92 Å². The van der Waals surface area contributed by atoms with Gasteiger partial charge in [-0.05, 0) is 49.6 Å². The molecular formula is C27H27NO5S. The van der Waals surface area contributed by atoms with Crippen molar-refractivity contribution in [1.29, 1.82) is 0 Å². The van der Waals surface area contributed by atoms with E-state index >= 15 is 0 Å². The first-order chi connectivity index (χ1) is 16.3. The van der Waals surface area contributed by atoms with Crippen LogP contribution in [-0.4, -0.2) is 31.2 Å². The zero-order valence-corrected chi connectivity index (χ0v) is 20.2. The number of benzene rings is 3. The van der Waals surface area contributed by atoms with Gasteiger partial charge >= 0.3 is 5.97 Å². The number of ether oxygens (including phenoxy) is 1. The Bertz CT molecular complexity index is 1300. The van der Waals surface area contributed by atoms with Gasteiger partial charge < -0.3 is 4.74 Å². The molecule has 34 heavy (non-hydrogen) atoms. The van der Waals surface area contributed by atoms with E-state index in [-0.39, 0.29) is 11.5 Å². The van der Waals surface area contributed by atoms with Gasteiger partial charge in [0.1, 0.15) is 5.92 Å². The molecule has 1 fully saturated rings. The topological polar surface area (TPSA) is 80.8 Å². The van der Waals surface area contributed by atoms with Gasteiger partial charge in [-0.3, -0.25) is 9.59 Å². The number of hydrogen-bond acceptors (Lipinski definition) is 5. The maximum absolute atomic E-state index is 13.9. The lowest BCUT2D eigenvalue weighted by atomic mass is 9.80. The highest BCUT2D eigenvalue weighted by Gasteiger charge is 2.57. The number of esters is 1. The molecule has 3 aromatic rings. The summed E-state index contributed by atoms with van der Waals surface area (Å²) in [6, 6.07) is 21.9. The molecule has 0 spiro atoms. The van der Waals surface area contributed by atoms with Gasteiger partial charge in [-0.1, -0.05) is 72.3 Å². The molecule has 3 aromatic carbocycles. The molecule has 1 aliphatic rings. The van der Waals surface area contributed by atoms with Crippen LogP contribution in [0.2, 0.25) is 0 Å². The van der Waals surface area contributed by atoms with Crippen LogP contribution in [0.5, 0.6) is 0 Å². The van der Waals surface area contributed by atoms with E-state index in [9.17, 15) is 18.0 Å². The summed E-state index contributed by atoms with van der Waals surface area (Å²) in [7, 11) is -4.27. The molecular weight excluding hydrogens is 450 g/mol. The van der Waals surface area contributed by atoms with Gasteiger partial charge in [0.15, 0.2) is 0 Å². The molecule has 0 aliphatic carbocycles. The van der Waals surface area contributed by atoms with Gasteiger partial charge in [-0.15, -0.1) is 0 Å². The van der Waals surface area contributed by atoms with E-state index in [1.54, 1.807) is 19.1 Å². The monoisotopic (exact) mass is 477 g/mol. The maximum Gasteiger partial charge on any atom is 0.319 e. The van der Waals surface area contributed by atoms with Crippen molar-refractivity contribution in [2.45, 2.75) is 37.6 Å². The van der Waals surface area contributed by atoms with Crippen LogP contribution in [0, 0.1) is 19.8 Å². The lowest BCUT2D eigenvalue weighted by Gasteiger charge is -2.29. The summed E-state index contributed by atoms with van der Waals surface area (Å²) >= 11 is 0. The zero-order chi connectivity index (χ0) is 24.5. The summed E-state index contributed by atoms with van der Waals surface area (Å²) in [4.78, 5) is 26.9. The molecule has 1 saturated heterocycles. The predicted octanol–water partition coefficient (Wildman–Crippen LogP) is 4.54. The molecule has 1 aliphatic heterocycles. The Kier molecular flexibility index (Phi) is 6.57. The quantitative estimate of drug-likeness (QED) is 0.385. The number of carbonyl (C=O) groups is 2. The second kappa shape index (κ2) is 9.43. The van der Waals surface area contributed by atoms with E-state index in [0.717, 1.165) is 15.4 Å². The zero-order valence-electron chi connectivity index (χ0n) is 19.3. The highest BCUT2D eigenvalue weighted by molar-refractivity contribution is 7.89. The molecule has 1 heterocycles. The number of hydrogen-bond donors (Lipinski definition) is 0. The van der Waals surface area contributed by atoms with E-state index < -0.39 is 39.8 Å². The summed E-state index contributed by atoms with van der Waals surface area (Å²) < 4.78 is 34.0. The van der Waals surface area contributed by atoms with Crippen molar-refractivity contribution in [2.75, 3.05) is 6.61 Å². The van der Waals surface area contributed by atoms with E-state index in [1.807, 2.05) is 68.4 Å². The molecule has 3 unspecified atom stereocenters. The molecule has 7 heteroatoms. The van der Waals surface area contributed by atoms with Crippen LogP contribution >= 0.6 is 0 Å². The molecule has 176 valence electrons. The smallest absolute Gasteiger partial charge is 0.319 e. The van der Waals surface area contributed by atoms with E-state index in [1.165, 1.54) is 12.1 Å². The lowest BCUT2D eigenvalue weighted by Crippen LogP contribution is -2.37. The highest BCUT2D eigenvalue weighted by Crippen LogP contribution is 2.51. The Labute approximate surface area is 200 Å². The molecule has 0 N–H and O–H groups in total. The van der Waals surface area contributed by atoms with Gasteiger partial charge in [0.05, 0.1) is 17.5 Å². The van der Waals surface area contributed by atoms with E-state index in [2.05, 4.69) is 0 Å². The standard InChI is InChI=1S/C27H27NO5S/c1-4-33-27(30)24-23(20-11-6-5-7-12-20)25(22-13-9-8-10-19(22)3)28(26(24)29)34(31,32)21-16-14-18(2)15-17-21/h5-17,23-25H,4H2,1-3H3. The average molecular weight is 478 g/mol. The summed E-state index contributed by atoms with van der Waals surface area (Å²) in [6.45, 7) is 5.48. The normalized spacial score (nSPS) is 20.4. The lowest BCUT2D eigenvalue weighted by molar-refractivity contribution is -0.152. The maximum atomic E-state index is 13.9. The molecule has 3 atom stereocenters. The van der Waals surface area contributed by atoms with Gasteiger partial charge in [-0.2, -0.15) is 0 Å². The highest BCUT2D eigenvalue weighted by atomic mass is 32.2. The van der Waals surface area contributed by atoms with Crippen molar-refractivity contribution >= 4 is 21.9 Å². The third kappa shape index (κ3) is 4.12. The molecule has 1 amide bonds. The van der Waals surface area contributed by atoms with Gasteiger partial charge in [-0.25, -0.2) is 12.7 Å². The second-order valence-corrected chi connectivity index (χ2v) is 10.2. The molecule has 4 rings (SSSR count). The van der Waals surface area contributed by atoms with Crippen LogP contribution in [-0.2, 0) is 24.3 Å². The SMILES string of the molecule is CCOC(=O)C1C(=O)N(S(=O)(=O)c2ccc(C)cc2)C(c2ccccc2C)C1c1ccccc1. The van der Waals surface area contributed by atoms with Crippen molar-refractivity contribution in [3.63, 3.8) is 0 Å². The fourth-order valence-corrected chi connectivity index (χ4v) is 6.22. The Morgan fingerprint density at radius 1 is 0.912 bits per heavy atom. The molecule has 0 radical (unpaired) electrons. The van der Waals surface area contributed by atoms with Crippen molar-refractivity contribution < 1.29 is 22.7 Å². The number of nitrogens with zero attached hydrogens (tertiary/aromatic N) is 1. The predicted molar refractivity (Wildman–Crippen MR) is 128 cm³/mol. The average Bonchev–Trinajstić information content (AvgIpc) is 3.14. The van der Waals surface area contributed by atoms with Crippen LogP contribution in [0.3, 0.4) is 0 Å².